The zero-order chi connectivity index (χ0) is 38.4. The van der Waals surface area contributed by atoms with Crippen LogP contribution < -0.4 is 4.90 Å². The van der Waals surface area contributed by atoms with Crippen molar-refractivity contribution in [2.24, 2.45) is 9.98 Å². The molecule has 0 amide bonds. The van der Waals surface area contributed by atoms with Gasteiger partial charge in [-0.15, -0.1) is 64.7 Å². The third kappa shape index (κ3) is 14.8. The van der Waals surface area contributed by atoms with Crippen molar-refractivity contribution in [3.05, 3.63) is 183 Å². The summed E-state index contributed by atoms with van der Waals surface area (Å²) in [5.74, 6) is -0.302. The molecule has 0 N–H and O–H groups in total. The number of hydrogen-bond acceptors (Lipinski definition) is 6. The third-order valence-corrected chi connectivity index (χ3v) is 7.31. The maximum Gasteiger partial charge on any atom is 2.00 e. The molecule has 9 heteroatoms. The summed E-state index contributed by atoms with van der Waals surface area (Å²) in [6, 6.07) is 34.6. The van der Waals surface area contributed by atoms with Crippen molar-refractivity contribution in [1.82, 2.24) is 15.0 Å². The van der Waals surface area contributed by atoms with Crippen LogP contribution in [0.4, 0.5) is 15.8 Å². The van der Waals surface area contributed by atoms with Crippen LogP contribution >= 0.6 is 0 Å². The van der Waals surface area contributed by atoms with E-state index in [2.05, 4.69) is 94.6 Å². The van der Waals surface area contributed by atoms with Gasteiger partial charge in [-0.2, -0.15) is 31.4 Å². The summed E-state index contributed by atoms with van der Waals surface area (Å²) in [5, 5.41) is 2.15. The SMILES string of the molecule is C=[C-]C(=C)N(c1[c-]c(-c2cnccn2)ccc1)c1ccc(F)cc1.C=[C-]C(=C)c1cccc2ccc(-c3ccccn3)[c-]c12.CC=NC.CCC=NC.[Pt+2].[Pt+2]. The molecule has 6 rings (SSSR count). The van der Waals surface area contributed by atoms with Crippen molar-refractivity contribution >= 4 is 40.1 Å². The van der Waals surface area contributed by atoms with E-state index in [4.69, 9.17) is 0 Å². The Hall–Kier alpha value is -5.22. The number of halogens is 1. The Balaban J connectivity index is 0.000000442. The summed E-state index contributed by atoms with van der Waals surface area (Å²) < 4.78 is 13.2. The van der Waals surface area contributed by atoms with E-state index < -0.39 is 0 Å². The van der Waals surface area contributed by atoms with Gasteiger partial charge in [0.05, 0.1) is 0 Å². The molecule has 0 bridgehead atoms. The standard InChI is InChI=1S/C20H14FN3.C19H13N.C4H9N.C3H7N.2Pt/c1-3-15(2)24(18-9-7-17(21)8-10-18)19-6-4-5-16(13-19)20-14-22-11-12-23-20;1-3-14(2)17-8-6-7-15-10-11-16(13-18(15)17)19-9-4-5-12-20-19;1-3-4-5-2;1-3-4-2;;/h4-12,14H,1-2H2;4-12H,1-2H2;4H,3H2,1-2H3;3H,1-2H3;;/q2*-2;;;2*+2. The van der Waals surface area contributed by atoms with Crippen LogP contribution in [0.3, 0.4) is 0 Å². The second-order valence-electron chi connectivity index (χ2n) is 10.9. The van der Waals surface area contributed by atoms with Gasteiger partial charge < -0.3 is 19.9 Å². The molecule has 0 spiro atoms. The second kappa shape index (κ2) is 26.5. The normalized spacial score (nSPS) is 9.84. The Bertz CT molecular complexity index is 2130. The summed E-state index contributed by atoms with van der Waals surface area (Å²) in [7, 11) is 3.53. The average Bonchev–Trinajstić information content (AvgIpc) is 3.22. The van der Waals surface area contributed by atoms with Crippen LogP contribution in [0.5, 0.6) is 0 Å². The van der Waals surface area contributed by atoms with Crippen molar-refractivity contribution in [1.29, 1.82) is 0 Å². The van der Waals surface area contributed by atoms with Crippen LogP contribution in [0.15, 0.2) is 158 Å². The molecular weight excluding hydrogens is 1050 g/mol. The first-order valence-electron chi connectivity index (χ1n) is 16.7. The first-order valence-corrected chi connectivity index (χ1v) is 16.7. The summed E-state index contributed by atoms with van der Waals surface area (Å²) in [4.78, 5) is 21.9. The van der Waals surface area contributed by atoms with Crippen molar-refractivity contribution in [3.8, 4) is 22.5 Å². The molecule has 0 saturated carbocycles. The molecule has 2 heterocycles. The molecule has 0 fully saturated rings. The summed E-state index contributed by atoms with van der Waals surface area (Å²) in [6.07, 6.45) is 17.0. The quantitative estimate of drug-likeness (QED) is 0.0822. The van der Waals surface area contributed by atoms with Gasteiger partial charge in [0.25, 0.3) is 0 Å². The zero-order valence-corrected chi connectivity index (χ0v) is 35.9. The van der Waals surface area contributed by atoms with Gasteiger partial charge in [0.1, 0.15) is 5.82 Å². The fraction of sp³-hybridized carbons (Fsp3) is 0.109. The Morgan fingerprint density at radius 3 is 2.04 bits per heavy atom. The van der Waals surface area contributed by atoms with Crippen LogP contribution in [-0.4, -0.2) is 41.5 Å². The van der Waals surface area contributed by atoms with E-state index in [1.165, 1.54) is 12.1 Å². The molecule has 0 aliphatic rings. The molecule has 0 radical (unpaired) electrons. The van der Waals surface area contributed by atoms with Gasteiger partial charge >= 0.3 is 42.1 Å². The molecule has 0 saturated heterocycles. The number of aromatic nitrogens is 3. The summed E-state index contributed by atoms with van der Waals surface area (Å²) >= 11 is 0. The maximum absolute atomic E-state index is 13.2. The minimum Gasteiger partial charge on any atom is -0.364 e. The Labute approximate surface area is 354 Å². The number of fused-ring (bicyclic) bond motifs is 1. The molecule has 55 heavy (non-hydrogen) atoms. The van der Waals surface area contributed by atoms with Crippen LogP contribution in [-0.2, 0) is 42.1 Å². The van der Waals surface area contributed by atoms with E-state index in [1.54, 1.807) is 62.1 Å². The largest absolute Gasteiger partial charge is 2.00 e. The third-order valence-electron chi connectivity index (χ3n) is 7.31. The van der Waals surface area contributed by atoms with Crippen LogP contribution in [0.1, 0.15) is 25.8 Å². The molecule has 2 aromatic heterocycles. The summed E-state index contributed by atoms with van der Waals surface area (Å²) in [6.45, 7) is 19.2. The van der Waals surface area contributed by atoms with Crippen molar-refractivity contribution in [3.63, 3.8) is 0 Å². The number of rotatable bonds is 9. The monoisotopic (exact) mass is 1090 g/mol. The molecule has 6 nitrogen and oxygen atoms in total. The van der Waals surface area contributed by atoms with Gasteiger partial charge in [-0.3, -0.25) is 9.97 Å². The Morgan fingerprint density at radius 2 is 1.47 bits per heavy atom. The van der Waals surface area contributed by atoms with Crippen molar-refractivity contribution in [2.45, 2.75) is 20.3 Å². The molecule has 0 atom stereocenters. The number of hydrogen-bond donors (Lipinski definition) is 0. The number of anilines is 2. The number of benzene rings is 4. The van der Waals surface area contributed by atoms with Gasteiger partial charge in [-0.1, -0.05) is 48.2 Å². The van der Waals surface area contributed by atoms with Gasteiger partial charge in [0.2, 0.25) is 0 Å². The van der Waals surface area contributed by atoms with Gasteiger partial charge in [0, 0.05) is 56.0 Å². The minimum atomic E-state index is -0.302. The zero-order valence-electron chi connectivity index (χ0n) is 31.4. The number of pyridine rings is 1. The Kier molecular flexibility index (Phi) is 23.1. The first kappa shape index (κ1) is 47.8. The van der Waals surface area contributed by atoms with Gasteiger partial charge in [0.15, 0.2) is 0 Å². The van der Waals surface area contributed by atoms with E-state index in [0.717, 1.165) is 56.5 Å². The molecule has 0 aliphatic heterocycles. The molecule has 0 aliphatic carbocycles. The van der Waals surface area contributed by atoms with Crippen LogP contribution in [0.2, 0.25) is 0 Å². The van der Waals surface area contributed by atoms with Crippen molar-refractivity contribution in [2.75, 3.05) is 19.0 Å². The number of aliphatic imine (C=N–C) groups is 2. The van der Waals surface area contributed by atoms with Crippen molar-refractivity contribution < 1.29 is 46.5 Å². The fourth-order valence-electron chi connectivity index (χ4n) is 4.68. The van der Waals surface area contributed by atoms with E-state index in [0.29, 0.717) is 11.4 Å². The van der Waals surface area contributed by atoms with Crippen LogP contribution in [0.25, 0.3) is 38.9 Å². The smallest absolute Gasteiger partial charge is 0.364 e. The molecule has 284 valence electrons. The maximum atomic E-state index is 13.2. The van der Waals surface area contributed by atoms with E-state index in [1.807, 2.05) is 67.7 Å². The molecule has 6 aromatic rings. The van der Waals surface area contributed by atoms with Crippen LogP contribution in [0, 0.1) is 30.1 Å². The molecular formula is C46H43FN6Pt2. The van der Waals surface area contributed by atoms with E-state index in [-0.39, 0.29) is 47.9 Å². The topological polar surface area (TPSA) is 66.6 Å². The minimum absolute atomic E-state index is 0. The van der Waals surface area contributed by atoms with E-state index in [9.17, 15) is 4.39 Å². The number of nitrogens with zero attached hydrogens (tertiary/aromatic N) is 6. The number of allylic oxidation sites excluding steroid dienone is 3. The second-order valence-corrected chi connectivity index (χ2v) is 10.9. The van der Waals surface area contributed by atoms with E-state index >= 15 is 0 Å². The predicted octanol–water partition coefficient (Wildman–Crippen LogP) is 11.2. The molecule has 4 aromatic carbocycles. The van der Waals surface area contributed by atoms with Gasteiger partial charge in [-0.05, 0) is 61.8 Å². The summed E-state index contributed by atoms with van der Waals surface area (Å²) in [5.41, 5.74) is 7.20. The van der Waals surface area contributed by atoms with Gasteiger partial charge in [-0.25, -0.2) is 17.0 Å². The predicted molar refractivity (Wildman–Crippen MR) is 222 cm³/mol. The average molecular weight is 1090 g/mol. The Morgan fingerprint density at radius 1 is 0.782 bits per heavy atom. The fourth-order valence-corrected chi connectivity index (χ4v) is 4.68. The first-order chi connectivity index (χ1) is 25.8. The molecule has 0 unspecified atom stereocenters.